The predicted octanol–water partition coefficient (Wildman–Crippen LogP) is 1.93. The molecular formula is C12H24O4Si4. The second-order valence-corrected chi connectivity index (χ2v) is 15.6. The molecule has 1 aliphatic heterocycles. The number of rotatable bonds is 3. The Labute approximate surface area is 127 Å². The van der Waals surface area contributed by atoms with Gasteiger partial charge in [-0.15, -0.1) is 0 Å². The fourth-order valence-corrected chi connectivity index (χ4v) is 17.1. The maximum absolute atomic E-state index is 6.26. The van der Waals surface area contributed by atoms with E-state index in [-0.39, 0.29) is 0 Å². The Kier molecular flexibility index (Phi) is 5.92. The van der Waals surface area contributed by atoms with Gasteiger partial charge < -0.3 is 16.5 Å². The zero-order valence-electron chi connectivity index (χ0n) is 12.7. The van der Waals surface area contributed by atoms with Crippen LogP contribution in [0.1, 0.15) is 5.56 Å². The van der Waals surface area contributed by atoms with E-state index < -0.39 is 36.4 Å². The monoisotopic (exact) mass is 344 g/mol. The number of aryl methyl sites for hydroxylation is 1. The van der Waals surface area contributed by atoms with E-state index in [0.29, 0.717) is 0 Å². The molecule has 1 aromatic carbocycles. The SMILES string of the molecule is C[SiH]1O[SiH](C)O[Si](C)(CCc2ccccc2)O[SiH](C)O1. The molecular weight excluding hydrogens is 320 g/mol. The van der Waals surface area contributed by atoms with Crippen LogP contribution in [0.5, 0.6) is 0 Å². The molecule has 112 valence electrons. The van der Waals surface area contributed by atoms with Crippen LogP contribution in [0.15, 0.2) is 30.3 Å². The summed E-state index contributed by atoms with van der Waals surface area (Å²) in [7, 11) is -6.91. The summed E-state index contributed by atoms with van der Waals surface area (Å²) in [5.41, 5.74) is 1.34. The smallest absolute Gasteiger partial charge is 0.317 e. The summed E-state index contributed by atoms with van der Waals surface area (Å²) in [6.07, 6.45) is 0.999. The van der Waals surface area contributed by atoms with Gasteiger partial charge in [0.05, 0.1) is 0 Å². The molecule has 0 amide bonds. The zero-order chi connectivity index (χ0) is 14.6. The fourth-order valence-electron chi connectivity index (χ4n) is 2.49. The third-order valence-electron chi connectivity index (χ3n) is 3.31. The number of hydrogen-bond donors (Lipinski definition) is 0. The molecule has 20 heavy (non-hydrogen) atoms. The topological polar surface area (TPSA) is 36.9 Å². The molecule has 4 nitrogen and oxygen atoms in total. The molecule has 1 aliphatic rings. The van der Waals surface area contributed by atoms with Crippen LogP contribution < -0.4 is 0 Å². The highest BCUT2D eigenvalue weighted by atomic mass is 28.5. The second-order valence-electron chi connectivity index (χ2n) is 5.33. The largest absolute Gasteiger partial charge is 0.420 e. The first kappa shape index (κ1) is 16.3. The van der Waals surface area contributed by atoms with E-state index in [1.54, 1.807) is 0 Å². The van der Waals surface area contributed by atoms with Gasteiger partial charge in [0.2, 0.25) is 0 Å². The van der Waals surface area contributed by atoms with Crippen molar-refractivity contribution in [2.75, 3.05) is 0 Å². The lowest BCUT2D eigenvalue weighted by atomic mass is 10.2. The van der Waals surface area contributed by atoms with Gasteiger partial charge in [-0.3, -0.25) is 0 Å². The van der Waals surface area contributed by atoms with Crippen molar-refractivity contribution in [1.29, 1.82) is 0 Å². The molecule has 1 fully saturated rings. The molecule has 0 N–H and O–H groups in total. The van der Waals surface area contributed by atoms with Crippen molar-refractivity contribution in [2.45, 2.75) is 38.7 Å². The minimum absolute atomic E-state index is 0.967. The summed E-state index contributed by atoms with van der Waals surface area (Å²) in [6, 6.07) is 11.5. The van der Waals surface area contributed by atoms with Crippen LogP contribution >= 0.6 is 0 Å². The van der Waals surface area contributed by atoms with Gasteiger partial charge in [-0.05, 0) is 44.2 Å². The standard InChI is InChI=1S/C12H24O4Si4/c1-17-13-18(2)15-20(4,16-19(3)14-17)11-10-12-8-6-5-7-9-12/h5-9,17-19H,10-11H2,1-4H3. The molecule has 0 aromatic heterocycles. The molecule has 0 spiro atoms. The molecule has 8 heteroatoms. The average molecular weight is 345 g/mol. The van der Waals surface area contributed by atoms with Crippen molar-refractivity contribution in [3.63, 3.8) is 0 Å². The highest BCUT2D eigenvalue weighted by molar-refractivity contribution is 6.81. The van der Waals surface area contributed by atoms with E-state index in [9.17, 15) is 0 Å². The molecule has 1 heterocycles. The molecule has 1 aromatic rings. The minimum Gasteiger partial charge on any atom is -0.420 e. The van der Waals surface area contributed by atoms with Crippen LogP contribution in [0.2, 0.25) is 32.2 Å². The Morgan fingerprint density at radius 1 is 0.900 bits per heavy atom. The molecule has 2 rings (SSSR count). The Bertz CT molecular complexity index is 405. The molecule has 0 aliphatic carbocycles. The summed E-state index contributed by atoms with van der Waals surface area (Å²) in [5, 5.41) is 0. The van der Waals surface area contributed by atoms with Crippen molar-refractivity contribution in [3.05, 3.63) is 35.9 Å². The van der Waals surface area contributed by atoms with E-state index in [0.717, 1.165) is 12.5 Å². The van der Waals surface area contributed by atoms with Crippen molar-refractivity contribution in [1.82, 2.24) is 0 Å². The van der Waals surface area contributed by atoms with Crippen LogP contribution in [0.4, 0.5) is 0 Å². The maximum atomic E-state index is 6.26. The van der Waals surface area contributed by atoms with Gasteiger partial charge >= 0.3 is 8.56 Å². The molecule has 2 unspecified atom stereocenters. The van der Waals surface area contributed by atoms with Gasteiger partial charge in [0.25, 0.3) is 27.9 Å². The van der Waals surface area contributed by atoms with Crippen molar-refractivity contribution in [3.8, 4) is 0 Å². The number of benzene rings is 1. The lowest BCUT2D eigenvalue weighted by Gasteiger charge is -2.37. The summed E-state index contributed by atoms with van der Waals surface area (Å²) >= 11 is 0. The average Bonchev–Trinajstić information content (AvgIpc) is 2.35. The molecule has 0 radical (unpaired) electrons. The first-order valence-electron chi connectivity index (χ1n) is 7.17. The van der Waals surface area contributed by atoms with Crippen molar-refractivity contribution < 1.29 is 16.5 Å². The van der Waals surface area contributed by atoms with E-state index in [1.165, 1.54) is 5.56 Å². The summed E-state index contributed by atoms with van der Waals surface area (Å²) < 4.78 is 24.4. The summed E-state index contributed by atoms with van der Waals surface area (Å²) in [6.45, 7) is 8.39. The lowest BCUT2D eigenvalue weighted by Crippen LogP contribution is -2.53. The minimum atomic E-state index is -2.16. The van der Waals surface area contributed by atoms with Crippen molar-refractivity contribution in [2.24, 2.45) is 0 Å². The van der Waals surface area contributed by atoms with E-state index >= 15 is 0 Å². The third kappa shape index (κ3) is 5.04. The summed E-state index contributed by atoms with van der Waals surface area (Å²) in [4.78, 5) is 0. The molecule has 1 saturated heterocycles. The predicted molar refractivity (Wildman–Crippen MR) is 90.0 cm³/mol. The van der Waals surface area contributed by atoms with Gasteiger partial charge in [0, 0.05) is 0 Å². The van der Waals surface area contributed by atoms with Gasteiger partial charge in [0.1, 0.15) is 0 Å². The normalized spacial score (nSPS) is 35.3. The second kappa shape index (κ2) is 7.27. The van der Waals surface area contributed by atoms with Gasteiger partial charge in [-0.2, -0.15) is 0 Å². The zero-order valence-corrected chi connectivity index (χ0v) is 17.1. The highest BCUT2D eigenvalue weighted by Crippen LogP contribution is 2.22. The fraction of sp³-hybridized carbons (Fsp3) is 0.500. The van der Waals surface area contributed by atoms with Gasteiger partial charge in [-0.25, -0.2) is 0 Å². The lowest BCUT2D eigenvalue weighted by molar-refractivity contribution is 0.274. The van der Waals surface area contributed by atoms with Crippen LogP contribution in [0.25, 0.3) is 0 Å². The Morgan fingerprint density at radius 3 is 2.00 bits per heavy atom. The molecule has 0 bridgehead atoms. The Balaban J connectivity index is 1.99. The third-order valence-corrected chi connectivity index (χ3v) is 17.2. The molecule has 0 saturated carbocycles. The Morgan fingerprint density at radius 2 is 1.45 bits per heavy atom. The maximum Gasteiger partial charge on any atom is 0.317 e. The van der Waals surface area contributed by atoms with Gasteiger partial charge in [0.15, 0.2) is 0 Å². The van der Waals surface area contributed by atoms with Crippen molar-refractivity contribution >= 4 is 36.4 Å². The van der Waals surface area contributed by atoms with E-state index in [1.807, 2.05) is 6.07 Å². The van der Waals surface area contributed by atoms with Crippen LogP contribution in [0, 0.1) is 0 Å². The van der Waals surface area contributed by atoms with Gasteiger partial charge in [-0.1, -0.05) is 30.3 Å². The highest BCUT2D eigenvalue weighted by Gasteiger charge is 2.38. The molecule has 2 atom stereocenters. The first-order chi connectivity index (χ1) is 9.47. The van der Waals surface area contributed by atoms with Crippen LogP contribution in [-0.2, 0) is 22.9 Å². The van der Waals surface area contributed by atoms with Crippen LogP contribution in [0.3, 0.4) is 0 Å². The van der Waals surface area contributed by atoms with E-state index in [2.05, 4.69) is 50.5 Å². The quantitative estimate of drug-likeness (QED) is 0.785. The first-order valence-corrected chi connectivity index (χ1v) is 16.0. The van der Waals surface area contributed by atoms with E-state index in [4.69, 9.17) is 16.5 Å². The Hall–Kier alpha value is -0.0725. The van der Waals surface area contributed by atoms with Crippen LogP contribution in [-0.4, -0.2) is 36.4 Å². The number of hydrogen-bond acceptors (Lipinski definition) is 4. The summed E-state index contributed by atoms with van der Waals surface area (Å²) in [5.74, 6) is 0.